The third kappa shape index (κ3) is 8.41. The van der Waals surface area contributed by atoms with E-state index < -0.39 is 0 Å². The van der Waals surface area contributed by atoms with Gasteiger partial charge in [-0.15, -0.1) is 0 Å². The van der Waals surface area contributed by atoms with Crippen molar-refractivity contribution in [2.24, 2.45) is 0 Å². The van der Waals surface area contributed by atoms with Gasteiger partial charge in [0.2, 0.25) is 0 Å². The summed E-state index contributed by atoms with van der Waals surface area (Å²) >= 11 is 0. The second-order valence-corrected chi connectivity index (χ2v) is 7.86. The summed E-state index contributed by atoms with van der Waals surface area (Å²) in [5, 5.41) is 9.99. The number of carbonyl (C=O) groups is 2. The lowest BCUT2D eigenvalue weighted by molar-refractivity contribution is -0.122. The average Bonchev–Trinajstić information content (AvgIpc) is 3.28. The van der Waals surface area contributed by atoms with Crippen LogP contribution in [0.2, 0.25) is 0 Å². The molecule has 0 atom stereocenters. The van der Waals surface area contributed by atoms with Crippen molar-refractivity contribution in [2.45, 2.75) is 44.7 Å². The number of nitrogens with one attached hydrogen (secondary N) is 1. The van der Waals surface area contributed by atoms with Gasteiger partial charge in [0.15, 0.2) is 0 Å². The molecule has 1 aromatic rings. The number of carbonyl (C=O) groups excluding carboxylic acids is 1. The lowest BCUT2D eigenvalue weighted by Gasteiger charge is -2.34. The highest BCUT2D eigenvalue weighted by molar-refractivity contribution is 5.74. The van der Waals surface area contributed by atoms with E-state index in [9.17, 15) is 4.79 Å². The van der Waals surface area contributed by atoms with Crippen molar-refractivity contribution >= 4 is 12.5 Å². The van der Waals surface area contributed by atoms with Gasteiger partial charge in [0.05, 0.1) is 0 Å². The Labute approximate surface area is 174 Å². The van der Waals surface area contributed by atoms with E-state index in [1.807, 2.05) is 4.90 Å². The topological polar surface area (TPSA) is 76.1 Å². The number of piperazine rings is 1. The number of carboxylic acid groups (broad SMARTS) is 1. The molecule has 0 spiro atoms. The van der Waals surface area contributed by atoms with Crippen LogP contribution in [0.3, 0.4) is 0 Å². The minimum Gasteiger partial charge on any atom is -0.483 e. The van der Waals surface area contributed by atoms with Crippen molar-refractivity contribution in [3.05, 3.63) is 35.9 Å². The first-order valence-corrected chi connectivity index (χ1v) is 10.7. The summed E-state index contributed by atoms with van der Waals surface area (Å²) < 4.78 is 0. The van der Waals surface area contributed by atoms with Gasteiger partial charge in [-0.2, -0.15) is 0 Å². The molecule has 1 saturated heterocycles. The molecule has 0 aromatic heterocycles. The summed E-state index contributed by atoms with van der Waals surface area (Å²) in [6.07, 6.45) is 6.48. The summed E-state index contributed by atoms with van der Waals surface area (Å²) in [5.74, 6) is 0. The predicted octanol–water partition coefficient (Wildman–Crippen LogP) is 2.48. The second-order valence-electron chi connectivity index (χ2n) is 7.86. The zero-order valence-electron chi connectivity index (χ0n) is 17.6. The fourth-order valence-electron chi connectivity index (χ4n) is 4.11. The minimum atomic E-state index is -0.250. The summed E-state index contributed by atoms with van der Waals surface area (Å²) in [7, 11) is 2.23. The molecule has 7 heteroatoms. The molecule has 1 saturated carbocycles. The van der Waals surface area contributed by atoms with E-state index in [1.165, 1.54) is 31.2 Å². The average molecular weight is 405 g/mol. The van der Waals surface area contributed by atoms with Gasteiger partial charge in [-0.3, -0.25) is 9.69 Å². The van der Waals surface area contributed by atoms with Gasteiger partial charge < -0.3 is 20.2 Å². The van der Waals surface area contributed by atoms with Gasteiger partial charge in [0.25, 0.3) is 6.47 Å². The lowest BCUT2D eigenvalue weighted by atomic mass is 10.2. The van der Waals surface area contributed by atoms with E-state index in [0.717, 1.165) is 58.3 Å². The van der Waals surface area contributed by atoms with Crippen LogP contribution < -0.4 is 5.32 Å². The molecule has 1 aliphatic heterocycles. The zero-order valence-corrected chi connectivity index (χ0v) is 17.6. The van der Waals surface area contributed by atoms with E-state index in [2.05, 4.69) is 52.5 Å². The summed E-state index contributed by atoms with van der Waals surface area (Å²) in [6.45, 7) is 6.13. The summed E-state index contributed by atoms with van der Waals surface area (Å²) in [6, 6.07) is 11.4. The van der Waals surface area contributed by atoms with Crippen LogP contribution in [0.15, 0.2) is 30.3 Å². The van der Waals surface area contributed by atoms with Crippen LogP contribution in [0, 0.1) is 0 Å². The number of urea groups is 1. The molecule has 0 radical (unpaired) electrons. The molecular formula is C22H36N4O3. The molecule has 7 nitrogen and oxygen atoms in total. The summed E-state index contributed by atoms with van der Waals surface area (Å²) in [5.41, 5.74) is 1.34. The SMILES string of the molecule is CN(CCCNC(=O)N1CCN(Cc2ccccc2)CC1)C1CCCC1.O=CO. The van der Waals surface area contributed by atoms with Crippen molar-refractivity contribution in [2.75, 3.05) is 46.3 Å². The van der Waals surface area contributed by atoms with Crippen molar-refractivity contribution < 1.29 is 14.7 Å². The largest absolute Gasteiger partial charge is 0.483 e. The monoisotopic (exact) mass is 404 g/mol. The number of rotatable bonds is 7. The molecule has 2 fully saturated rings. The molecule has 3 rings (SSSR count). The molecule has 1 aromatic carbocycles. The number of amides is 2. The first-order valence-electron chi connectivity index (χ1n) is 10.7. The Hall–Kier alpha value is -2.12. The predicted molar refractivity (Wildman–Crippen MR) is 115 cm³/mol. The van der Waals surface area contributed by atoms with E-state index in [1.54, 1.807) is 0 Å². The van der Waals surface area contributed by atoms with Crippen molar-refractivity contribution in [3.8, 4) is 0 Å². The van der Waals surface area contributed by atoms with Gasteiger partial charge in [0, 0.05) is 45.3 Å². The lowest BCUT2D eigenvalue weighted by Crippen LogP contribution is -2.51. The molecular weight excluding hydrogens is 368 g/mol. The number of nitrogens with zero attached hydrogens (tertiary/aromatic N) is 3. The normalized spacial score (nSPS) is 17.7. The maximum atomic E-state index is 12.3. The highest BCUT2D eigenvalue weighted by Crippen LogP contribution is 2.22. The molecule has 1 aliphatic carbocycles. The first kappa shape index (κ1) is 23.2. The van der Waals surface area contributed by atoms with Gasteiger partial charge in [-0.1, -0.05) is 43.2 Å². The Morgan fingerprint density at radius 1 is 1.17 bits per heavy atom. The Balaban J connectivity index is 0.000000941. The van der Waals surface area contributed by atoms with Crippen LogP contribution in [0.25, 0.3) is 0 Å². The Morgan fingerprint density at radius 3 is 2.41 bits per heavy atom. The van der Waals surface area contributed by atoms with Crippen molar-refractivity contribution in [1.82, 2.24) is 20.0 Å². The molecule has 1 heterocycles. The number of hydrogen-bond acceptors (Lipinski definition) is 4. The number of benzene rings is 1. The fourth-order valence-corrected chi connectivity index (χ4v) is 4.11. The molecule has 2 amide bonds. The van der Waals surface area contributed by atoms with Crippen LogP contribution in [0.5, 0.6) is 0 Å². The zero-order chi connectivity index (χ0) is 20.9. The minimum absolute atomic E-state index is 0.105. The highest BCUT2D eigenvalue weighted by atomic mass is 16.3. The van der Waals surface area contributed by atoms with Gasteiger partial charge in [-0.25, -0.2) is 4.79 Å². The summed E-state index contributed by atoms with van der Waals surface area (Å²) in [4.78, 5) is 27.6. The van der Waals surface area contributed by atoms with Gasteiger partial charge in [-0.05, 0) is 38.4 Å². The van der Waals surface area contributed by atoms with E-state index in [0.29, 0.717) is 0 Å². The molecule has 162 valence electrons. The van der Waals surface area contributed by atoms with Gasteiger partial charge in [0.1, 0.15) is 0 Å². The molecule has 2 N–H and O–H groups in total. The number of hydrogen-bond donors (Lipinski definition) is 2. The van der Waals surface area contributed by atoms with E-state index in [4.69, 9.17) is 9.90 Å². The smallest absolute Gasteiger partial charge is 0.317 e. The molecule has 2 aliphatic rings. The first-order chi connectivity index (χ1) is 14.1. The standard InChI is InChI=1S/C21H34N4O.CH2O2/c1-23(20-10-5-6-11-20)13-7-12-22-21(26)25-16-14-24(15-17-25)18-19-8-3-2-4-9-19;2-1-3/h2-4,8-9,20H,5-7,10-18H2,1H3,(H,22,26);1H,(H,2,3). The third-order valence-corrected chi connectivity index (χ3v) is 5.82. The quantitative estimate of drug-likeness (QED) is 0.539. The second kappa shape index (κ2) is 13.2. The van der Waals surface area contributed by atoms with Crippen LogP contribution >= 0.6 is 0 Å². The Kier molecular flexibility index (Phi) is 10.5. The highest BCUT2D eigenvalue weighted by Gasteiger charge is 2.21. The fraction of sp³-hybridized carbons (Fsp3) is 0.636. The van der Waals surface area contributed by atoms with E-state index >= 15 is 0 Å². The van der Waals surface area contributed by atoms with E-state index in [-0.39, 0.29) is 12.5 Å². The van der Waals surface area contributed by atoms with Crippen LogP contribution in [-0.2, 0) is 11.3 Å². The van der Waals surface area contributed by atoms with Crippen molar-refractivity contribution in [1.29, 1.82) is 0 Å². The molecule has 0 unspecified atom stereocenters. The Bertz CT molecular complexity index is 585. The maximum Gasteiger partial charge on any atom is 0.317 e. The molecule has 0 bridgehead atoms. The molecule has 29 heavy (non-hydrogen) atoms. The van der Waals surface area contributed by atoms with Crippen molar-refractivity contribution in [3.63, 3.8) is 0 Å². The van der Waals surface area contributed by atoms with Crippen LogP contribution in [0.4, 0.5) is 4.79 Å². The maximum absolute atomic E-state index is 12.3. The Morgan fingerprint density at radius 2 is 1.79 bits per heavy atom. The van der Waals surface area contributed by atoms with Crippen LogP contribution in [0.1, 0.15) is 37.7 Å². The van der Waals surface area contributed by atoms with Gasteiger partial charge >= 0.3 is 6.03 Å². The van der Waals surface area contributed by atoms with Crippen LogP contribution in [-0.4, -0.2) is 84.7 Å². The third-order valence-electron chi connectivity index (χ3n) is 5.82.